The summed E-state index contributed by atoms with van der Waals surface area (Å²) in [4.78, 5) is 4.09. The maximum absolute atomic E-state index is 5.75. The predicted octanol–water partition coefficient (Wildman–Crippen LogP) is 3.26. The van der Waals surface area contributed by atoms with E-state index < -0.39 is 0 Å². The zero-order chi connectivity index (χ0) is 11.5. The molecule has 1 fully saturated rings. The number of aromatic nitrogens is 1. The van der Waals surface area contributed by atoms with Crippen molar-refractivity contribution in [3.8, 4) is 0 Å². The van der Waals surface area contributed by atoms with Gasteiger partial charge < -0.3 is 5.32 Å². The molecule has 0 bridgehead atoms. The van der Waals surface area contributed by atoms with E-state index in [1.165, 1.54) is 18.4 Å². The van der Waals surface area contributed by atoms with E-state index in [1.54, 1.807) is 0 Å². The normalized spacial score (nSPS) is 17.8. The van der Waals surface area contributed by atoms with E-state index in [0.717, 1.165) is 12.5 Å². The lowest BCUT2D eigenvalue weighted by Gasteiger charge is -2.22. The lowest BCUT2D eigenvalue weighted by atomic mass is 9.99. The number of hydrogen-bond donors (Lipinski definition) is 1. The molecule has 0 aliphatic heterocycles. The Labute approximate surface area is 102 Å². The van der Waals surface area contributed by atoms with Crippen molar-refractivity contribution in [2.45, 2.75) is 39.3 Å². The molecule has 0 radical (unpaired) electrons. The van der Waals surface area contributed by atoms with Gasteiger partial charge in [-0.1, -0.05) is 31.5 Å². The van der Waals surface area contributed by atoms with E-state index in [1.807, 2.05) is 18.3 Å². The molecule has 3 heteroatoms. The van der Waals surface area contributed by atoms with Gasteiger partial charge in [0, 0.05) is 18.8 Å². The number of pyridine rings is 1. The first kappa shape index (κ1) is 11.9. The quantitative estimate of drug-likeness (QED) is 0.797. The molecule has 1 heterocycles. The summed E-state index contributed by atoms with van der Waals surface area (Å²) in [5, 5.41) is 4.20. The summed E-state index contributed by atoms with van der Waals surface area (Å²) in [6.45, 7) is 5.47. The Kier molecular flexibility index (Phi) is 3.82. The fraction of sp³-hybridized carbons (Fsp3) is 0.615. The maximum Gasteiger partial charge on any atom is 0.129 e. The van der Waals surface area contributed by atoms with Crippen LogP contribution in [0.5, 0.6) is 0 Å². The SMILES string of the molecule is CC(C)C(NCc1ccc(Cl)nc1)C1CC1. The van der Waals surface area contributed by atoms with Gasteiger partial charge in [0.15, 0.2) is 0 Å². The van der Waals surface area contributed by atoms with Crippen LogP contribution in [-0.4, -0.2) is 11.0 Å². The molecule has 1 aromatic heterocycles. The average molecular weight is 239 g/mol. The van der Waals surface area contributed by atoms with Gasteiger partial charge in [-0.05, 0) is 36.3 Å². The Morgan fingerprint density at radius 2 is 2.19 bits per heavy atom. The second kappa shape index (κ2) is 5.15. The van der Waals surface area contributed by atoms with Crippen LogP contribution in [0.3, 0.4) is 0 Å². The van der Waals surface area contributed by atoms with Crippen molar-refractivity contribution in [2.75, 3.05) is 0 Å². The van der Waals surface area contributed by atoms with Gasteiger partial charge in [0.05, 0.1) is 0 Å². The number of halogens is 1. The summed E-state index contributed by atoms with van der Waals surface area (Å²) >= 11 is 5.75. The number of hydrogen-bond acceptors (Lipinski definition) is 2. The minimum absolute atomic E-state index is 0.561. The van der Waals surface area contributed by atoms with Crippen molar-refractivity contribution in [1.82, 2.24) is 10.3 Å². The highest BCUT2D eigenvalue weighted by molar-refractivity contribution is 6.29. The first-order valence-corrected chi connectivity index (χ1v) is 6.38. The highest BCUT2D eigenvalue weighted by Gasteiger charge is 2.32. The molecule has 0 amide bonds. The van der Waals surface area contributed by atoms with Crippen molar-refractivity contribution in [3.05, 3.63) is 29.0 Å². The number of nitrogens with zero attached hydrogens (tertiary/aromatic N) is 1. The van der Waals surface area contributed by atoms with Crippen molar-refractivity contribution in [3.63, 3.8) is 0 Å². The molecule has 1 atom stereocenters. The molecule has 1 unspecified atom stereocenters. The van der Waals surface area contributed by atoms with Gasteiger partial charge in [0.25, 0.3) is 0 Å². The van der Waals surface area contributed by atoms with Gasteiger partial charge in [-0.25, -0.2) is 4.98 Å². The molecular weight excluding hydrogens is 220 g/mol. The second-order valence-corrected chi connectivity index (χ2v) is 5.36. The lowest BCUT2D eigenvalue weighted by molar-refractivity contribution is 0.359. The first-order chi connectivity index (χ1) is 7.66. The highest BCUT2D eigenvalue weighted by Crippen LogP contribution is 2.35. The summed E-state index contributed by atoms with van der Waals surface area (Å²) < 4.78 is 0. The molecule has 1 N–H and O–H groups in total. The van der Waals surface area contributed by atoms with Gasteiger partial charge >= 0.3 is 0 Å². The molecule has 2 nitrogen and oxygen atoms in total. The summed E-state index contributed by atoms with van der Waals surface area (Å²) in [7, 11) is 0. The highest BCUT2D eigenvalue weighted by atomic mass is 35.5. The standard InChI is InChI=1S/C13H19ClN2/c1-9(2)13(11-4-5-11)16-8-10-3-6-12(14)15-7-10/h3,6-7,9,11,13,16H,4-5,8H2,1-2H3. The van der Waals surface area contributed by atoms with E-state index in [0.29, 0.717) is 17.1 Å². The van der Waals surface area contributed by atoms with Crippen LogP contribution in [0.25, 0.3) is 0 Å². The molecule has 0 aromatic carbocycles. The Morgan fingerprint density at radius 1 is 1.44 bits per heavy atom. The van der Waals surface area contributed by atoms with Crippen LogP contribution in [0.15, 0.2) is 18.3 Å². The van der Waals surface area contributed by atoms with E-state index in [2.05, 4.69) is 24.1 Å². The molecule has 1 saturated carbocycles. The van der Waals surface area contributed by atoms with Crippen LogP contribution in [0.4, 0.5) is 0 Å². The van der Waals surface area contributed by atoms with Crippen LogP contribution in [-0.2, 0) is 6.54 Å². The Hall–Kier alpha value is -0.600. The lowest BCUT2D eigenvalue weighted by Crippen LogP contribution is -2.35. The molecular formula is C13H19ClN2. The maximum atomic E-state index is 5.75. The third-order valence-electron chi connectivity index (χ3n) is 3.18. The molecule has 1 aliphatic rings. The zero-order valence-electron chi connectivity index (χ0n) is 9.91. The van der Waals surface area contributed by atoms with Gasteiger partial charge in [0.2, 0.25) is 0 Å². The third-order valence-corrected chi connectivity index (χ3v) is 3.40. The van der Waals surface area contributed by atoms with Gasteiger partial charge in [0.1, 0.15) is 5.15 Å². The minimum Gasteiger partial charge on any atom is -0.309 e. The topological polar surface area (TPSA) is 24.9 Å². The molecule has 2 rings (SSSR count). The molecule has 1 aromatic rings. The van der Waals surface area contributed by atoms with Crippen LogP contribution in [0, 0.1) is 11.8 Å². The van der Waals surface area contributed by atoms with E-state index >= 15 is 0 Å². The summed E-state index contributed by atoms with van der Waals surface area (Å²) in [6, 6.07) is 4.53. The third kappa shape index (κ3) is 3.19. The second-order valence-electron chi connectivity index (χ2n) is 4.98. The molecule has 16 heavy (non-hydrogen) atoms. The van der Waals surface area contributed by atoms with Gasteiger partial charge in [-0.2, -0.15) is 0 Å². The van der Waals surface area contributed by atoms with E-state index in [-0.39, 0.29) is 0 Å². The molecule has 88 valence electrons. The summed E-state index contributed by atoms with van der Waals surface area (Å²) in [5.41, 5.74) is 1.20. The van der Waals surface area contributed by atoms with Crippen LogP contribution < -0.4 is 5.32 Å². The average Bonchev–Trinajstić information content (AvgIpc) is 3.05. The van der Waals surface area contributed by atoms with Gasteiger partial charge in [-0.3, -0.25) is 0 Å². The summed E-state index contributed by atoms with van der Waals surface area (Å²) in [5.74, 6) is 1.59. The van der Waals surface area contributed by atoms with Crippen molar-refractivity contribution >= 4 is 11.6 Å². The van der Waals surface area contributed by atoms with Crippen molar-refractivity contribution in [2.24, 2.45) is 11.8 Å². The molecule has 0 saturated heterocycles. The monoisotopic (exact) mass is 238 g/mol. The Morgan fingerprint density at radius 3 is 2.69 bits per heavy atom. The molecule has 0 spiro atoms. The largest absolute Gasteiger partial charge is 0.309 e. The minimum atomic E-state index is 0.561. The van der Waals surface area contributed by atoms with Gasteiger partial charge in [-0.15, -0.1) is 0 Å². The fourth-order valence-corrected chi connectivity index (χ4v) is 2.26. The first-order valence-electron chi connectivity index (χ1n) is 6.00. The van der Waals surface area contributed by atoms with E-state index in [9.17, 15) is 0 Å². The predicted molar refractivity (Wildman–Crippen MR) is 67.4 cm³/mol. The Balaban J connectivity index is 1.87. The van der Waals surface area contributed by atoms with E-state index in [4.69, 9.17) is 11.6 Å². The zero-order valence-corrected chi connectivity index (χ0v) is 10.7. The van der Waals surface area contributed by atoms with Crippen molar-refractivity contribution < 1.29 is 0 Å². The smallest absolute Gasteiger partial charge is 0.129 e. The Bertz CT molecular complexity index is 328. The van der Waals surface area contributed by atoms with Crippen LogP contribution in [0.1, 0.15) is 32.3 Å². The van der Waals surface area contributed by atoms with Crippen molar-refractivity contribution in [1.29, 1.82) is 0 Å². The fourth-order valence-electron chi connectivity index (χ4n) is 2.15. The number of nitrogens with one attached hydrogen (secondary N) is 1. The number of rotatable bonds is 5. The van der Waals surface area contributed by atoms with Crippen LogP contribution in [0.2, 0.25) is 5.15 Å². The molecule has 1 aliphatic carbocycles. The summed E-state index contributed by atoms with van der Waals surface area (Å²) in [6.07, 6.45) is 4.61. The van der Waals surface area contributed by atoms with Crippen LogP contribution >= 0.6 is 11.6 Å².